The zero-order valence-electron chi connectivity index (χ0n) is 12.7. The normalized spacial score (nSPS) is 22.0. The monoisotopic (exact) mass is 298 g/mol. The number of benzene rings is 1. The van der Waals surface area contributed by atoms with Gasteiger partial charge in [0.05, 0.1) is 18.8 Å². The molecular formula is C16H20N5O+. The Hall–Kier alpha value is -2.46. The van der Waals surface area contributed by atoms with E-state index in [1.54, 1.807) is 0 Å². The molecule has 3 rings (SSSR count). The van der Waals surface area contributed by atoms with Crippen LogP contribution in [0.5, 0.6) is 0 Å². The Bertz CT molecular complexity index is 648. The molecule has 2 N–H and O–H groups in total. The maximum absolute atomic E-state index is 11.3. The molecule has 0 aromatic heterocycles. The van der Waals surface area contributed by atoms with E-state index in [9.17, 15) is 4.79 Å². The molecule has 0 spiro atoms. The van der Waals surface area contributed by atoms with Crippen LogP contribution < -0.4 is 10.3 Å². The van der Waals surface area contributed by atoms with Gasteiger partial charge < -0.3 is 4.90 Å². The average Bonchev–Trinajstić information content (AvgIpc) is 2.55. The summed E-state index contributed by atoms with van der Waals surface area (Å²) in [6.45, 7) is 5.50. The van der Waals surface area contributed by atoms with Crippen molar-refractivity contribution in [2.24, 2.45) is 11.0 Å². The van der Waals surface area contributed by atoms with Crippen LogP contribution in [-0.4, -0.2) is 48.4 Å². The Morgan fingerprint density at radius 1 is 1.32 bits per heavy atom. The Balaban J connectivity index is 1.73. The van der Waals surface area contributed by atoms with Crippen molar-refractivity contribution in [2.75, 3.05) is 31.1 Å². The smallest absolute Gasteiger partial charge is 0.303 e. The van der Waals surface area contributed by atoms with Crippen LogP contribution in [0, 0.1) is 11.3 Å². The van der Waals surface area contributed by atoms with Gasteiger partial charge in [0, 0.05) is 18.0 Å². The van der Waals surface area contributed by atoms with Gasteiger partial charge in [-0.15, -0.1) is 0 Å². The second-order valence-corrected chi connectivity index (χ2v) is 5.77. The van der Waals surface area contributed by atoms with E-state index in [4.69, 9.17) is 5.41 Å². The standard InChI is InChI=1S/C16H19N5O/c1-12-10-15(22)18-19-16(12)13-2-4-14(5-3-13)21-8-6-20(11-17)7-9-21/h2-5,12,17H,6-10H2,1H3/p+1. The van der Waals surface area contributed by atoms with Gasteiger partial charge in [-0.2, -0.15) is 5.10 Å². The summed E-state index contributed by atoms with van der Waals surface area (Å²) >= 11 is 0. The molecule has 1 unspecified atom stereocenters. The third-order valence-electron chi connectivity index (χ3n) is 4.23. The molecule has 1 aromatic carbocycles. The van der Waals surface area contributed by atoms with E-state index in [-0.39, 0.29) is 11.8 Å². The molecule has 1 atom stereocenters. The van der Waals surface area contributed by atoms with Crippen molar-refractivity contribution >= 4 is 23.3 Å². The fraction of sp³-hybridized carbons (Fsp3) is 0.438. The summed E-state index contributed by atoms with van der Waals surface area (Å²) in [6.07, 6.45) is 0.489. The van der Waals surface area contributed by atoms with E-state index in [0.29, 0.717) is 6.42 Å². The number of nitrogens with zero attached hydrogens (tertiary/aromatic N) is 3. The van der Waals surface area contributed by atoms with Gasteiger partial charge in [-0.25, -0.2) is 10.0 Å². The molecule has 2 aliphatic rings. The number of hydrogen-bond donors (Lipinski definition) is 2. The van der Waals surface area contributed by atoms with Crippen LogP contribution in [0.25, 0.3) is 0 Å². The van der Waals surface area contributed by atoms with E-state index in [2.05, 4.69) is 45.7 Å². The van der Waals surface area contributed by atoms with Gasteiger partial charge in [0.1, 0.15) is 13.1 Å². The summed E-state index contributed by atoms with van der Waals surface area (Å²) in [6, 6.07) is 10.8. The van der Waals surface area contributed by atoms with Gasteiger partial charge in [-0.05, 0) is 17.7 Å². The molecule has 6 heteroatoms. The number of nitrogens with one attached hydrogen (secondary N) is 2. The summed E-state index contributed by atoms with van der Waals surface area (Å²) < 4.78 is 1.89. The second-order valence-electron chi connectivity index (χ2n) is 5.77. The molecular weight excluding hydrogens is 278 g/mol. The van der Waals surface area contributed by atoms with Crippen LogP contribution >= 0.6 is 0 Å². The number of carbonyl (C=O) groups excluding carboxylic acids is 1. The fourth-order valence-corrected chi connectivity index (χ4v) is 2.92. The minimum Gasteiger partial charge on any atom is -0.364 e. The number of amides is 1. The lowest BCUT2D eigenvalue weighted by atomic mass is 9.94. The van der Waals surface area contributed by atoms with Gasteiger partial charge in [-0.3, -0.25) is 4.79 Å². The van der Waals surface area contributed by atoms with Crippen LogP contribution in [0.15, 0.2) is 29.4 Å². The maximum atomic E-state index is 11.3. The molecule has 0 saturated carbocycles. The summed E-state index contributed by atoms with van der Waals surface area (Å²) in [5.41, 5.74) is 5.74. The summed E-state index contributed by atoms with van der Waals surface area (Å²) in [7, 11) is 0. The van der Waals surface area contributed by atoms with Crippen LogP contribution in [0.1, 0.15) is 18.9 Å². The third kappa shape index (κ3) is 2.92. The van der Waals surface area contributed by atoms with Crippen molar-refractivity contribution in [1.82, 2.24) is 5.43 Å². The Morgan fingerprint density at radius 2 is 2.00 bits per heavy atom. The number of carbonyl (C=O) groups is 1. The van der Waals surface area contributed by atoms with Gasteiger partial charge in [-0.1, -0.05) is 24.5 Å². The molecule has 22 heavy (non-hydrogen) atoms. The first kappa shape index (κ1) is 14.5. The minimum atomic E-state index is -0.0197. The Kier molecular flexibility index (Phi) is 4.02. The lowest BCUT2D eigenvalue weighted by molar-refractivity contribution is -0.523. The van der Waals surface area contributed by atoms with Gasteiger partial charge in [0.15, 0.2) is 0 Å². The molecule has 2 aliphatic heterocycles. The highest BCUT2D eigenvalue weighted by atomic mass is 16.2. The predicted molar refractivity (Wildman–Crippen MR) is 84.8 cm³/mol. The summed E-state index contributed by atoms with van der Waals surface area (Å²) in [5.74, 6) is 0.125. The first-order valence-electron chi connectivity index (χ1n) is 7.56. The fourth-order valence-electron chi connectivity index (χ4n) is 2.92. The molecule has 0 aliphatic carbocycles. The molecule has 1 saturated heterocycles. The Labute approximate surface area is 129 Å². The highest BCUT2D eigenvalue weighted by molar-refractivity contribution is 6.05. The molecule has 0 radical (unpaired) electrons. The zero-order valence-corrected chi connectivity index (χ0v) is 12.7. The molecule has 1 aromatic rings. The first-order valence-corrected chi connectivity index (χ1v) is 7.56. The van der Waals surface area contributed by atoms with Crippen LogP contribution in [0.4, 0.5) is 5.69 Å². The average molecular weight is 298 g/mol. The van der Waals surface area contributed by atoms with Crippen molar-refractivity contribution in [3.05, 3.63) is 29.8 Å². The SMILES string of the molecule is CC1CC(=O)NN=C1c1ccc(N2CC[N+](=C=N)CC2)cc1. The first-order chi connectivity index (χ1) is 10.7. The largest absolute Gasteiger partial charge is 0.364 e. The number of rotatable bonds is 2. The van der Waals surface area contributed by atoms with Crippen molar-refractivity contribution in [1.29, 1.82) is 5.41 Å². The van der Waals surface area contributed by atoms with Gasteiger partial charge >= 0.3 is 6.01 Å². The molecule has 6 nitrogen and oxygen atoms in total. The Morgan fingerprint density at radius 3 is 2.59 bits per heavy atom. The molecule has 1 fully saturated rings. The minimum absolute atomic E-state index is 0.0197. The van der Waals surface area contributed by atoms with Gasteiger partial charge in [0.2, 0.25) is 5.91 Å². The van der Waals surface area contributed by atoms with E-state index in [1.807, 2.05) is 11.5 Å². The molecule has 2 heterocycles. The highest BCUT2D eigenvalue weighted by Crippen LogP contribution is 2.21. The predicted octanol–water partition coefficient (Wildman–Crippen LogP) is 1.13. The van der Waals surface area contributed by atoms with E-state index in [0.717, 1.165) is 37.5 Å². The van der Waals surface area contributed by atoms with Crippen LogP contribution in [0.2, 0.25) is 0 Å². The van der Waals surface area contributed by atoms with Crippen molar-refractivity contribution in [2.45, 2.75) is 13.3 Å². The quantitative estimate of drug-likeness (QED) is 0.635. The van der Waals surface area contributed by atoms with Crippen LogP contribution in [0.3, 0.4) is 0 Å². The lowest BCUT2D eigenvalue weighted by Gasteiger charge is -2.28. The number of hydrazone groups is 1. The number of hydrogen-bond acceptors (Lipinski definition) is 4. The zero-order chi connectivity index (χ0) is 15.5. The molecule has 114 valence electrons. The molecule has 0 bridgehead atoms. The highest BCUT2D eigenvalue weighted by Gasteiger charge is 2.22. The number of piperazine rings is 1. The third-order valence-corrected chi connectivity index (χ3v) is 4.23. The van der Waals surface area contributed by atoms with E-state index in [1.165, 1.54) is 5.69 Å². The van der Waals surface area contributed by atoms with Crippen LogP contribution in [-0.2, 0) is 4.79 Å². The summed E-state index contributed by atoms with van der Waals surface area (Å²) in [4.78, 5) is 13.6. The van der Waals surface area contributed by atoms with E-state index >= 15 is 0 Å². The lowest BCUT2D eigenvalue weighted by Crippen LogP contribution is -2.41. The topological polar surface area (TPSA) is 71.6 Å². The van der Waals surface area contributed by atoms with Crippen molar-refractivity contribution in [3.8, 4) is 0 Å². The number of anilines is 1. The van der Waals surface area contributed by atoms with Gasteiger partial charge in [0.25, 0.3) is 0 Å². The second kappa shape index (κ2) is 6.12. The van der Waals surface area contributed by atoms with E-state index < -0.39 is 0 Å². The van der Waals surface area contributed by atoms with Crippen molar-refractivity contribution in [3.63, 3.8) is 0 Å². The van der Waals surface area contributed by atoms with Crippen molar-refractivity contribution < 1.29 is 9.37 Å². The maximum Gasteiger partial charge on any atom is 0.303 e. The molecule has 1 amide bonds. The summed E-state index contributed by atoms with van der Waals surface area (Å²) in [5, 5.41) is 11.3.